The molecule has 0 aliphatic carbocycles. The number of amides is 2. The molecule has 2 amide bonds. The van der Waals surface area contributed by atoms with Crippen LogP contribution < -0.4 is 14.8 Å². The fraction of sp³-hybridized carbons (Fsp3) is 0.350. The number of carbonyl (C=O) groups is 2. The molecule has 1 N–H and O–H groups in total. The Hall–Kier alpha value is -3.09. The van der Waals surface area contributed by atoms with Crippen molar-refractivity contribution in [3.63, 3.8) is 0 Å². The minimum absolute atomic E-state index is 0.00592. The summed E-state index contributed by atoms with van der Waals surface area (Å²) in [4.78, 5) is 31.0. The minimum Gasteiger partial charge on any atom is -0.496 e. The molecule has 2 aromatic rings. The van der Waals surface area contributed by atoms with Gasteiger partial charge in [0, 0.05) is 37.1 Å². The third-order valence-electron chi connectivity index (χ3n) is 4.70. The zero-order chi connectivity index (χ0) is 19.2. The smallest absolute Gasteiger partial charge is 0.259 e. The van der Waals surface area contributed by atoms with E-state index in [2.05, 4.69) is 10.3 Å². The van der Waals surface area contributed by atoms with Crippen molar-refractivity contribution in [1.29, 1.82) is 0 Å². The standard InChI is InChI=1S/C20H23N3O4/c1-26-16-4-3-5-17(27-2)18(16)19(24)22-15-8-12-23(13-9-15)20(25)14-6-10-21-11-7-14/h3-7,10-11,15H,8-9,12-13H2,1-2H3,(H,22,24). The van der Waals surface area contributed by atoms with Crippen molar-refractivity contribution in [1.82, 2.24) is 15.2 Å². The molecule has 1 aliphatic rings. The van der Waals surface area contributed by atoms with Crippen molar-refractivity contribution in [3.8, 4) is 11.5 Å². The molecule has 7 heteroatoms. The summed E-state index contributed by atoms with van der Waals surface area (Å²) in [6.07, 6.45) is 4.61. The fourth-order valence-electron chi connectivity index (χ4n) is 3.24. The van der Waals surface area contributed by atoms with Crippen LogP contribution in [0, 0.1) is 0 Å². The maximum atomic E-state index is 12.8. The molecule has 27 heavy (non-hydrogen) atoms. The number of rotatable bonds is 5. The first-order chi connectivity index (χ1) is 13.1. The Bertz CT molecular complexity index is 780. The van der Waals surface area contributed by atoms with Crippen LogP contribution in [-0.4, -0.2) is 55.0 Å². The van der Waals surface area contributed by atoms with E-state index in [1.54, 1.807) is 42.7 Å². The van der Waals surface area contributed by atoms with Gasteiger partial charge in [0.05, 0.1) is 14.2 Å². The van der Waals surface area contributed by atoms with Crippen LogP contribution in [0.2, 0.25) is 0 Å². The summed E-state index contributed by atoms with van der Waals surface area (Å²) < 4.78 is 10.6. The highest BCUT2D eigenvalue weighted by molar-refractivity contribution is 6.00. The number of pyridine rings is 1. The van der Waals surface area contributed by atoms with Gasteiger partial charge in [-0.25, -0.2) is 0 Å². The lowest BCUT2D eigenvalue weighted by Gasteiger charge is -2.32. The van der Waals surface area contributed by atoms with E-state index in [1.807, 2.05) is 4.90 Å². The Labute approximate surface area is 158 Å². The molecule has 2 heterocycles. The first kappa shape index (κ1) is 18.7. The lowest BCUT2D eigenvalue weighted by molar-refractivity contribution is 0.0697. The quantitative estimate of drug-likeness (QED) is 0.873. The Morgan fingerprint density at radius 1 is 1.04 bits per heavy atom. The minimum atomic E-state index is -0.233. The number of nitrogens with one attached hydrogen (secondary N) is 1. The lowest BCUT2D eigenvalue weighted by Crippen LogP contribution is -2.46. The Kier molecular flexibility index (Phi) is 5.90. The number of ether oxygens (including phenoxy) is 2. The van der Waals surface area contributed by atoms with E-state index >= 15 is 0 Å². The number of aromatic nitrogens is 1. The predicted octanol–water partition coefficient (Wildman–Crippen LogP) is 2.13. The topological polar surface area (TPSA) is 80.8 Å². The van der Waals surface area contributed by atoms with Crippen LogP contribution in [-0.2, 0) is 0 Å². The SMILES string of the molecule is COc1cccc(OC)c1C(=O)NC1CCN(C(=O)c2ccncc2)CC1. The summed E-state index contributed by atoms with van der Waals surface area (Å²) in [7, 11) is 3.05. The second-order valence-electron chi connectivity index (χ2n) is 6.31. The third kappa shape index (κ3) is 4.19. The maximum Gasteiger partial charge on any atom is 0.259 e. The van der Waals surface area contributed by atoms with Crippen molar-refractivity contribution >= 4 is 11.8 Å². The van der Waals surface area contributed by atoms with Crippen molar-refractivity contribution < 1.29 is 19.1 Å². The summed E-state index contributed by atoms with van der Waals surface area (Å²) in [5, 5.41) is 3.04. The summed E-state index contributed by atoms with van der Waals surface area (Å²) in [5.74, 6) is 0.700. The maximum absolute atomic E-state index is 12.8. The van der Waals surface area contributed by atoms with Gasteiger partial charge in [0.25, 0.3) is 11.8 Å². The van der Waals surface area contributed by atoms with E-state index in [0.717, 1.165) is 0 Å². The van der Waals surface area contributed by atoms with Gasteiger partial charge < -0.3 is 19.7 Å². The Morgan fingerprint density at radius 3 is 2.19 bits per heavy atom. The van der Waals surface area contributed by atoms with Crippen LogP contribution in [0.5, 0.6) is 11.5 Å². The highest BCUT2D eigenvalue weighted by Gasteiger charge is 2.26. The van der Waals surface area contributed by atoms with Gasteiger partial charge >= 0.3 is 0 Å². The number of likely N-dealkylation sites (tertiary alicyclic amines) is 1. The molecule has 1 saturated heterocycles. The van der Waals surface area contributed by atoms with Gasteiger partial charge in [0.15, 0.2) is 0 Å². The Balaban J connectivity index is 1.61. The van der Waals surface area contributed by atoms with Gasteiger partial charge in [-0.2, -0.15) is 0 Å². The van der Waals surface area contributed by atoms with E-state index < -0.39 is 0 Å². The van der Waals surface area contributed by atoms with Crippen molar-refractivity contribution in [3.05, 3.63) is 53.9 Å². The van der Waals surface area contributed by atoms with Gasteiger partial charge in [-0.1, -0.05) is 6.07 Å². The van der Waals surface area contributed by atoms with Crippen molar-refractivity contribution in [2.45, 2.75) is 18.9 Å². The van der Waals surface area contributed by atoms with Crippen LogP contribution in [0.3, 0.4) is 0 Å². The number of carbonyl (C=O) groups excluding carboxylic acids is 2. The van der Waals surface area contributed by atoms with Crippen LogP contribution in [0.4, 0.5) is 0 Å². The van der Waals surface area contributed by atoms with Crippen molar-refractivity contribution in [2.24, 2.45) is 0 Å². The first-order valence-corrected chi connectivity index (χ1v) is 8.85. The van der Waals surface area contributed by atoms with Gasteiger partial charge in [0.1, 0.15) is 17.1 Å². The molecule has 142 valence electrons. The molecule has 3 rings (SSSR count). The summed E-state index contributed by atoms with van der Waals surface area (Å²) in [6.45, 7) is 1.18. The van der Waals surface area contributed by atoms with E-state index in [-0.39, 0.29) is 17.9 Å². The highest BCUT2D eigenvalue weighted by Crippen LogP contribution is 2.28. The molecule has 1 aromatic heterocycles. The molecule has 1 aliphatic heterocycles. The molecule has 7 nitrogen and oxygen atoms in total. The average molecular weight is 369 g/mol. The molecule has 0 atom stereocenters. The second-order valence-corrected chi connectivity index (χ2v) is 6.31. The van der Waals surface area contributed by atoms with E-state index in [1.165, 1.54) is 14.2 Å². The number of piperidine rings is 1. The molecular weight excluding hydrogens is 346 g/mol. The lowest BCUT2D eigenvalue weighted by atomic mass is 10.0. The second kappa shape index (κ2) is 8.53. The molecule has 0 saturated carbocycles. The summed E-state index contributed by atoms with van der Waals surface area (Å²) >= 11 is 0. The number of hydrogen-bond acceptors (Lipinski definition) is 5. The van der Waals surface area contributed by atoms with Crippen molar-refractivity contribution in [2.75, 3.05) is 27.3 Å². The molecular formula is C20H23N3O4. The molecule has 1 fully saturated rings. The van der Waals surface area contributed by atoms with Crippen LogP contribution in [0.25, 0.3) is 0 Å². The van der Waals surface area contributed by atoms with Crippen LogP contribution >= 0.6 is 0 Å². The summed E-state index contributed by atoms with van der Waals surface area (Å²) in [6, 6.07) is 8.65. The molecule has 0 spiro atoms. The largest absolute Gasteiger partial charge is 0.496 e. The number of methoxy groups -OCH3 is 2. The van der Waals surface area contributed by atoms with Crippen LogP contribution in [0.15, 0.2) is 42.7 Å². The molecule has 0 unspecified atom stereocenters. The first-order valence-electron chi connectivity index (χ1n) is 8.85. The van der Waals surface area contributed by atoms with Gasteiger partial charge in [-0.15, -0.1) is 0 Å². The number of benzene rings is 1. The van der Waals surface area contributed by atoms with Gasteiger partial charge in [-0.3, -0.25) is 14.6 Å². The monoisotopic (exact) mass is 369 g/mol. The molecule has 0 radical (unpaired) electrons. The zero-order valence-electron chi connectivity index (χ0n) is 15.5. The summed E-state index contributed by atoms with van der Waals surface area (Å²) in [5.41, 5.74) is 1.02. The zero-order valence-corrected chi connectivity index (χ0v) is 15.5. The van der Waals surface area contributed by atoms with Gasteiger partial charge in [-0.05, 0) is 37.1 Å². The van der Waals surface area contributed by atoms with Gasteiger partial charge in [0.2, 0.25) is 0 Å². The normalized spacial score (nSPS) is 14.5. The van der Waals surface area contributed by atoms with E-state index in [0.29, 0.717) is 48.6 Å². The fourth-order valence-corrected chi connectivity index (χ4v) is 3.24. The Morgan fingerprint density at radius 2 is 1.63 bits per heavy atom. The van der Waals surface area contributed by atoms with E-state index in [4.69, 9.17) is 9.47 Å². The van der Waals surface area contributed by atoms with E-state index in [9.17, 15) is 9.59 Å². The number of hydrogen-bond donors (Lipinski definition) is 1. The predicted molar refractivity (Wildman–Crippen MR) is 100 cm³/mol. The van der Waals surface area contributed by atoms with Crippen LogP contribution in [0.1, 0.15) is 33.6 Å². The number of nitrogens with zero attached hydrogens (tertiary/aromatic N) is 2. The third-order valence-corrected chi connectivity index (χ3v) is 4.70. The average Bonchev–Trinajstić information content (AvgIpc) is 2.73. The molecule has 0 bridgehead atoms. The molecule has 1 aromatic carbocycles. The highest BCUT2D eigenvalue weighted by atomic mass is 16.5.